The lowest BCUT2D eigenvalue weighted by Gasteiger charge is -2.20. The van der Waals surface area contributed by atoms with E-state index in [0.717, 1.165) is 47.9 Å². The topological polar surface area (TPSA) is 64.0 Å². The van der Waals surface area contributed by atoms with Crippen LogP contribution in [-0.2, 0) is 17.6 Å². The maximum absolute atomic E-state index is 13.5. The first-order chi connectivity index (χ1) is 14.5. The van der Waals surface area contributed by atoms with Gasteiger partial charge in [0.15, 0.2) is 5.16 Å². The minimum atomic E-state index is -0.437. The zero-order valence-electron chi connectivity index (χ0n) is 17.2. The molecule has 1 aromatic carbocycles. The van der Waals surface area contributed by atoms with Gasteiger partial charge in [0.1, 0.15) is 10.1 Å². The summed E-state index contributed by atoms with van der Waals surface area (Å²) in [7, 11) is 0. The molecule has 5 rings (SSSR count). The number of hydrogen-bond acceptors (Lipinski definition) is 5. The third-order valence-electron chi connectivity index (χ3n) is 5.74. The Morgan fingerprint density at radius 1 is 1.23 bits per heavy atom. The Hall–Kier alpha value is -2.12. The van der Waals surface area contributed by atoms with Crippen LogP contribution in [0.3, 0.4) is 0 Å². The van der Waals surface area contributed by atoms with Gasteiger partial charge in [0.25, 0.3) is 5.56 Å². The fraction of sp³-hybridized carbons (Fsp3) is 0.435. The van der Waals surface area contributed by atoms with E-state index in [9.17, 15) is 9.59 Å². The van der Waals surface area contributed by atoms with Gasteiger partial charge in [-0.05, 0) is 57.1 Å². The maximum Gasteiger partial charge on any atom is 0.263 e. The highest BCUT2D eigenvalue weighted by molar-refractivity contribution is 8.00. The van der Waals surface area contributed by atoms with E-state index in [2.05, 4.69) is 5.32 Å². The van der Waals surface area contributed by atoms with Crippen molar-refractivity contribution in [1.82, 2.24) is 14.9 Å². The smallest absolute Gasteiger partial charge is 0.263 e. The fourth-order valence-corrected chi connectivity index (χ4v) is 6.63. The third-order valence-corrected chi connectivity index (χ3v) is 8.15. The first-order valence-electron chi connectivity index (χ1n) is 10.6. The molecule has 2 aliphatic carbocycles. The van der Waals surface area contributed by atoms with E-state index in [1.54, 1.807) is 15.9 Å². The van der Waals surface area contributed by atoms with Crippen molar-refractivity contribution in [2.45, 2.75) is 68.4 Å². The van der Waals surface area contributed by atoms with Crippen molar-refractivity contribution in [3.63, 3.8) is 0 Å². The second kappa shape index (κ2) is 7.85. The van der Waals surface area contributed by atoms with Crippen LogP contribution in [-0.4, -0.2) is 21.5 Å². The van der Waals surface area contributed by atoms with Crippen LogP contribution in [0.1, 0.15) is 60.4 Å². The highest BCUT2D eigenvalue weighted by Crippen LogP contribution is 2.39. The van der Waals surface area contributed by atoms with E-state index < -0.39 is 5.25 Å². The Kier molecular flexibility index (Phi) is 5.19. The zero-order chi connectivity index (χ0) is 20.8. The van der Waals surface area contributed by atoms with Crippen LogP contribution in [0.2, 0.25) is 0 Å². The lowest BCUT2D eigenvalue weighted by molar-refractivity contribution is -0.120. The summed E-state index contributed by atoms with van der Waals surface area (Å²) in [6, 6.07) is 10.0. The quantitative estimate of drug-likeness (QED) is 0.449. The number of aromatic nitrogens is 2. The standard InChI is InChI=1S/C23H25N3O2S2/c1-13(2)26-22(28)18-16-9-6-10-17(16)29-21(18)25-23(26)30-19(14-7-4-3-5-8-14)20(27)24-15-11-12-15/h3-5,7-8,13,15,19H,6,9-12H2,1-2H3,(H,24,27)/t19-/m1/s1. The molecule has 1 fully saturated rings. The molecule has 0 aliphatic heterocycles. The lowest BCUT2D eigenvalue weighted by atomic mass is 10.1. The number of nitrogens with zero attached hydrogens (tertiary/aromatic N) is 2. The Balaban J connectivity index is 1.60. The number of amides is 1. The van der Waals surface area contributed by atoms with Crippen LogP contribution in [0, 0.1) is 0 Å². The highest BCUT2D eigenvalue weighted by Gasteiger charge is 2.31. The Morgan fingerprint density at radius 3 is 2.70 bits per heavy atom. The molecule has 1 saturated carbocycles. The predicted molar refractivity (Wildman–Crippen MR) is 122 cm³/mol. The van der Waals surface area contributed by atoms with Gasteiger partial charge in [-0.1, -0.05) is 42.1 Å². The molecule has 1 atom stereocenters. The van der Waals surface area contributed by atoms with Gasteiger partial charge in [0.05, 0.1) is 5.39 Å². The summed E-state index contributed by atoms with van der Waals surface area (Å²) >= 11 is 3.04. The fourth-order valence-electron chi connectivity index (χ4n) is 4.09. The molecule has 5 nitrogen and oxygen atoms in total. The summed E-state index contributed by atoms with van der Waals surface area (Å²) in [5.41, 5.74) is 2.16. The summed E-state index contributed by atoms with van der Waals surface area (Å²) < 4.78 is 1.78. The first-order valence-corrected chi connectivity index (χ1v) is 12.3. The number of carbonyl (C=O) groups excluding carboxylic acids is 1. The predicted octanol–water partition coefficient (Wildman–Crippen LogP) is 4.64. The van der Waals surface area contributed by atoms with Gasteiger partial charge in [-0.3, -0.25) is 14.2 Å². The average Bonchev–Trinajstić information content (AvgIpc) is 3.29. The molecule has 2 aromatic heterocycles. The summed E-state index contributed by atoms with van der Waals surface area (Å²) in [6.45, 7) is 4.01. The molecule has 0 unspecified atom stereocenters. The van der Waals surface area contributed by atoms with Crippen LogP contribution in [0.25, 0.3) is 10.2 Å². The van der Waals surface area contributed by atoms with Crippen molar-refractivity contribution in [3.05, 3.63) is 56.7 Å². The number of carbonyl (C=O) groups is 1. The molecule has 0 radical (unpaired) electrons. The molecule has 0 saturated heterocycles. The molecule has 3 aromatic rings. The molecule has 156 valence electrons. The summed E-state index contributed by atoms with van der Waals surface area (Å²) in [4.78, 5) is 33.6. The van der Waals surface area contributed by atoms with E-state index in [4.69, 9.17) is 4.98 Å². The lowest BCUT2D eigenvalue weighted by Crippen LogP contribution is -2.31. The normalized spacial score (nSPS) is 16.8. The van der Waals surface area contributed by atoms with E-state index >= 15 is 0 Å². The third kappa shape index (κ3) is 3.58. The van der Waals surface area contributed by atoms with E-state index in [-0.39, 0.29) is 23.6 Å². The van der Waals surface area contributed by atoms with Crippen LogP contribution >= 0.6 is 23.1 Å². The second-order valence-corrected chi connectivity index (χ2v) is 10.5. The Morgan fingerprint density at radius 2 is 2.00 bits per heavy atom. The SMILES string of the molecule is CC(C)n1c(S[C@@H](C(=O)NC2CC2)c2ccccc2)nc2sc3c(c2c1=O)CCC3. The minimum absolute atomic E-state index is 0.00738. The number of benzene rings is 1. The Labute approximate surface area is 183 Å². The van der Waals surface area contributed by atoms with E-state index in [1.807, 2.05) is 44.2 Å². The monoisotopic (exact) mass is 439 g/mol. The van der Waals surface area contributed by atoms with Gasteiger partial charge in [0, 0.05) is 17.0 Å². The molecule has 7 heteroatoms. The molecule has 30 heavy (non-hydrogen) atoms. The number of hydrogen-bond donors (Lipinski definition) is 1. The van der Waals surface area contributed by atoms with E-state index in [0.29, 0.717) is 5.16 Å². The summed E-state index contributed by atoms with van der Waals surface area (Å²) in [5.74, 6) is -0.00738. The van der Waals surface area contributed by atoms with Crippen LogP contribution in [0.4, 0.5) is 0 Å². The first kappa shape index (κ1) is 19.8. The molecule has 2 aliphatic rings. The largest absolute Gasteiger partial charge is 0.352 e. The van der Waals surface area contributed by atoms with Crippen molar-refractivity contribution in [3.8, 4) is 0 Å². The molecule has 1 N–H and O–H groups in total. The molecule has 0 spiro atoms. The molecular weight excluding hydrogens is 414 g/mol. The van der Waals surface area contributed by atoms with Crippen LogP contribution in [0.15, 0.2) is 40.3 Å². The number of thioether (sulfide) groups is 1. The van der Waals surface area contributed by atoms with Crippen LogP contribution < -0.4 is 10.9 Å². The summed E-state index contributed by atoms with van der Waals surface area (Å²) in [6.07, 6.45) is 5.20. The number of fused-ring (bicyclic) bond motifs is 3. The van der Waals surface area contributed by atoms with Crippen molar-refractivity contribution in [1.29, 1.82) is 0 Å². The van der Waals surface area contributed by atoms with Gasteiger partial charge in [0.2, 0.25) is 5.91 Å². The number of rotatable bonds is 6. The van der Waals surface area contributed by atoms with Gasteiger partial charge >= 0.3 is 0 Å². The number of thiophene rings is 1. The Bertz CT molecular complexity index is 1160. The zero-order valence-corrected chi connectivity index (χ0v) is 18.8. The molecule has 1 amide bonds. The van der Waals surface area contributed by atoms with Crippen molar-refractivity contribution in [2.75, 3.05) is 0 Å². The average molecular weight is 440 g/mol. The highest BCUT2D eigenvalue weighted by atomic mass is 32.2. The molecular formula is C23H25N3O2S2. The van der Waals surface area contributed by atoms with Gasteiger partial charge in [-0.2, -0.15) is 0 Å². The van der Waals surface area contributed by atoms with Crippen molar-refractivity contribution < 1.29 is 4.79 Å². The van der Waals surface area contributed by atoms with Crippen molar-refractivity contribution in [2.24, 2.45) is 0 Å². The van der Waals surface area contributed by atoms with Gasteiger partial charge in [-0.25, -0.2) is 4.98 Å². The maximum atomic E-state index is 13.5. The molecule has 0 bridgehead atoms. The van der Waals surface area contributed by atoms with Gasteiger partial charge < -0.3 is 5.32 Å². The van der Waals surface area contributed by atoms with Gasteiger partial charge in [-0.15, -0.1) is 11.3 Å². The number of aryl methyl sites for hydroxylation is 2. The minimum Gasteiger partial charge on any atom is -0.352 e. The number of nitrogens with one attached hydrogen (secondary N) is 1. The van der Waals surface area contributed by atoms with Crippen molar-refractivity contribution >= 4 is 39.2 Å². The molecule has 2 heterocycles. The summed E-state index contributed by atoms with van der Waals surface area (Å²) in [5, 5.41) is 4.12. The van der Waals surface area contributed by atoms with Crippen LogP contribution in [0.5, 0.6) is 0 Å². The second-order valence-electron chi connectivity index (χ2n) is 8.39. The van der Waals surface area contributed by atoms with E-state index in [1.165, 1.54) is 22.2 Å².